The van der Waals surface area contributed by atoms with E-state index in [-0.39, 0.29) is 29.8 Å². The fourth-order valence-electron chi connectivity index (χ4n) is 4.81. The van der Waals surface area contributed by atoms with Crippen LogP contribution in [0.4, 0.5) is 17.8 Å². The zero-order chi connectivity index (χ0) is 37.2. The van der Waals surface area contributed by atoms with Gasteiger partial charge < -0.3 is 43.9 Å². The number of hydrogen-bond acceptors (Lipinski definition) is 11. The smallest absolute Gasteiger partial charge is 0.256 e. The van der Waals surface area contributed by atoms with Gasteiger partial charge in [0.2, 0.25) is 5.88 Å². The Morgan fingerprint density at radius 2 is 1.08 bits per heavy atom. The van der Waals surface area contributed by atoms with Gasteiger partial charge in [0, 0.05) is 16.8 Å². The van der Waals surface area contributed by atoms with E-state index >= 15 is 0 Å². The van der Waals surface area contributed by atoms with Crippen LogP contribution in [0, 0.1) is 27.7 Å². The van der Waals surface area contributed by atoms with Crippen molar-refractivity contribution in [2.75, 3.05) is 13.7 Å². The maximum Gasteiger partial charge on any atom is 0.256 e. The standard InChI is InChI=1S/C12H15N5O.C11H13N5O.C11H13N5/c1-3-18-10-8-6-4-5-7(2)9(8)15-12(16-10)17-11(13)14;1-6-8-4-3-7(17-2)5-9(8)15-11(14-6)16-10(12)13;1-6-4-3-5-8-7(2)14-11(15-9(6)8)16-10(12)13/h4-6H,3H2,1-2H3,(H4,13,14,15,16,17);3-5H,1-2H3,(H4,12,13,14,15,16);3-5H,1-2H3,(H4,12,13,14,15,16). The monoisotopic (exact) mass is 691 g/mol. The van der Waals surface area contributed by atoms with E-state index in [0.717, 1.165) is 61.0 Å². The number of aryl methyl sites for hydroxylation is 4. The Hall–Kier alpha value is -6.91. The van der Waals surface area contributed by atoms with Gasteiger partial charge in [-0.15, -0.1) is 0 Å². The second-order valence-corrected chi connectivity index (χ2v) is 10.9. The molecule has 0 radical (unpaired) electrons. The van der Waals surface area contributed by atoms with Crippen LogP contribution in [0.5, 0.6) is 11.6 Å². The Morgan fingerprint density at radius 3 is 1.61 bits per heavy atom. The van der Waals surface area contributed by atoms with E-state index in [9.17, 15) is 0 Å². The molecule has 0 spiro atoms. The molecule has 3 aromatic carbocycles. The number of rotatable bonds is 6. The van der Waals surface area contributed by atoms with Crippen LogP contribution in [0.15, 0.2) is 69.6 Å². The van der Waals surface area contributed by atoms with E-state index in [1.54, 1.807) is 7.11 Å². The first-order chi connectivity index (χ1) is 24.3. The number of ether oxygens (including phenoxy) is 2. The molecule has 12 N–H and O–H groups in total. The predicted octanol–water partition coefficient (Wildman–Crippen LogP) is 3.25. The number of nitrogens with two attached hydrogens (primary N) is 6. The van der Waals surface area contributed by atoms with Gasteiger partial charge in [-0.2, -0.15) is 20.0 Å². The Morgan fingerprint density at radius 1 is 0.588 bits per heavy atom. The average Bonchev–Trinajstić information content (AvgIpc) is 3.05. The number of fused-ring (bicyclic) bond motifs is 3. The first-order valence-electron chi connectivity index (χ1n) is 15.5. The van der Waals surface area contributed by atoms with Gasteiger partial charge >= 0.3 is 0 Å². The zero-order valence-corrected chi connectivity index (χ0v) is 29.2. The van der Waals surface area contributed by atoms with E-state index in [4.69, 9.17) is 43.9 Å². The largest absolute Gasteiger partial charge is 0.497 e. The van der Waals surface area contributed by atoms with Gasteiger partial charge in [0.25, 0.3) is 17.8 Å². The van der Waals surface area contributed by atoms with Crippen molar-refractivity contribution < 1.29 is 9.47 Å². The number of aromatic nitrogens is 6. The van der Waals surface area contributed by atoms with Gasteiger partial charge in [-0.05, 0) is 63.9 Å². The summed E-state index contributed by atoms with van der Waals surface area (Å²) in [5.41, 5.74) is 38.1. The van der Waals surface area contributed by atoms with Crippen LogP contribution in [0.2, 0.25) is 0 Å². The SMILES string of the molecule is CCOc1nc(N=C(N)N)nc2c(C)cccc12.COc1ccc2c(C)nc(N=C(N)N)nc2c1.Cc1nc(N=C(N)N)nc2c(C)cccc12. The number of benzene rings is 3. The Balaban J connectivity index is 0.000000172. The molecule has 3 aromatic heterocycles. The third-order valence-corrected chi connectivity index (χ3v) is 7.04. The molecule has 0 unspecified atom stereocenters. The number of guanidine groups is 3. The molecule has 17 nitrogen and oxygen atoms in total. The van der Waals surface area contributed by atoms with Gasteiger partial charge in [0.05, 0.1) is 47.0 Å². The van der Waals surface area contributed by atoms with E-state index in [1.165, 1.54) is 0 Å². The van der Waals surface area contributed by atoms with Gasteiger partial charge in [-0.25, -0.2) is 24.9 Å². The van der Waals surface area contributed by atoms with Gasteiger partial charge in [-0.1, -0.05) is 30.3 Å². The van der Waals surface area contributed by atoms with Crippen molar-refractivity contribution in [1.29, 1.82) is 0 Å². The lowest BCUT2D eigenvalue weighted by atomic mass is 10.1. The molecule has 6 aromatic rings. The van der Waals surface area contributed by atoms with E-state index < -0.39 is 0 Å². The lowest BCUT2D eigenvalue weighted by Crippen LogP contribution is -2.22. The van der Waals surface area contributed by atoms with Crippen LogP contribution in [0.3, 0.4) is 0 Å². The molecule has 0 saturated carbocycles. The molecular weight excluding hydrogens is 650 g/mol. The highest BCUT2D eigenvalue weighted by Crippen LogP contribution is 2.27. The Bertz CT molecular complexity index is 2280. The Kier molecular flexibility index (Phi) is 11.9. The number of methoxy groups -OCH3 is 1. The minimum Gasteiger partial charge on any atom is -0.497 e. The van der Waals surface area contributed by atoms with Crippen LogP contribution in [0.1, 0.15) is 29.4 Å². The second-order valence-electron chi connectivity index (χ2n) is 10.9. The van der Waals surface area contributed by atoms with Crippen molar-refractivity contribution in [2.24, 2.45) is 49.4 Å². The normalized spacial score (nSPS) is 10.3. The van der Waals surface area contributed by atoms with Crippen LogP contribution in [0.25, 0.3) is 32.7 Å². The molecule has 0 bridgehead atoms. The summed E-state index contributed by atoms with van der Waals surface area (Å²) in [6, 6.07) is 17.3. The fourth-order valence-corrected chi connectivity index (χ4v) is 4.81. The molecule has 264 valence electrons. The third kappa shape index (κ3) is 9.59. The molecule has 6 rings (SSSR count). The van der Waals surface area contributed by atoms with Crippen LogP contribution in [-0.2, 0) is 0 Å². The fraction of sp³-hybridized carbons (Fsp3) is 0.206. The molecule has 0 aliphatic heterocycles. The predicted molar refractivity (Wildman–Crippen MR) is 202 cm³/mol. The number of hydrogen-bond donors (Lipinski definition) is 6. The molecule has 3 heterocycles. The highest BCUT2D eigenvalue weighted by molar-refractivity contribution is 5.88. The van der Waals surface area contributed by atoms with E-state index in [1.807, 2.05) is 89.2 Å². The van der Waals surface area contributed by atoms with Crippen molar-refractivity contribution in [2.45, 2.75) is 34.6 Å². The number of para-hydroxylation sites is 2. The maximum absolute atomic E-state index is 5.49. The number of aliphatic imine (C=N–C) groups is 3. The molecule has 0 aliphatic carbocycles. The first kappa shape index (κ1) is 36.9. The van der Waals surface area contributed by atoms with E-state index in [0.29, 0.717) is 18.4 Å². The number of nitrogens with zero attached hydrogens (tertiary/aromatic N) is 9. The van der Waals surface area contributed by atoms with Gasteiger partial charge in [0.15, 0.2) is 17.9 Å². The van der Waals surface area contributed by atoms with Crippen LogP contribution >= 0.6 is 0 Å². The van der Waals surface area contributed by atoms with Crippen molar-refractivity contribution in [3.05, 3.63) is 77.1 Å². The highest BCUT2D eigenvalue weighted by atomic mass is 16.5. The molecule has 0 aliphatic rings. The minimum atomic E-state index is -0.0783. The zero-order valence-electron chi connectivity index (χ0n) is 29.2. The molecule has 17 heteroatoms. The first-order valence-corrected chi connectivity index (χ1v) is 15.5. The second kappa shape index (κ2) is 16.5. The minimum absolute atomic E-state index is 0.0349. The van der Waals surface area contributed by atoms with Crippen molar-refractivity contribution in [1.82, 2.24) is 29.9 Å². The third-order valence-electron chi connectivity index (χ3n) is 7.04. The van der Waals surface area contributed by atoms with E-state index in [2.05, 4.69) is 44.9 Å². The summed E-state index contributed by atoms with van der Waals surface area (Å²) < 4.78 is 10.6. The quantitative estimate of drug-likeness (QED) is 0.108. The summed E-state index contributed by atoms with van der Waals surface area (Å²) in [4.78, 5) is 37.1. The molecule has 51 heavy (non-hydrogen) atoms. The lowest BCUT2D eigenvalue weighted by Gasteiger charge is -2.08. The summed E-state index contributed by atoms with van der Waals surface area (Å²) in [6.07, 6.45) is 0. The van der Waals surface area contributed by atoms with Crippen molar-refractivity contribution in [3.8, 4) is 11.6 Å². The summed E-state index contributed by atoms with van der Waals surface area (Å²) in [5.74, 6) is 1.81. The average molecular weight is 692 g/mol. The molecular formula is C34H41N15O2. The van der Waals surface area contributed by atoms with Crippen molar-refractivity contribution in [3.63, 3.8) is 0 Å². The summed E-state index contributed by atoms with van der Waals surface area (Å²) in [7, 11) is 1.60. The Labute approximate surface area is 294 Å². The molecule has 0 fully saturated rings. The van der Waals surface area contributed by atoms with Crippen molar-refractivity contribution >= 4 is 68.4 Å². The van der Waals surface area contributed by atoms with Crippen LogP contribution < -0.4 is 43.9 Å². The highest BCUT2D eigenvalue weighted by Gasteiger charge is 2.10. The summed E-state index contributed by atoms with van der Waals surface area (Å²) >= 11 is 0. The maximum atomic E-state index is 5.49. The van der Waals surface area contributed by atoms with Crippen LogP contribution in [-0.4, -0.2) is 61.5 Å². The van der Waals surface area contributed by atoms with Gasteiger partial charge in [0.1, 0.15) is 5.75 Å². The molecule has 0 saturated heterocycles. The topological polar surface area (TPSA) is 289 Å². The summed E-state index contributed by atoms with van der Waals surface area (Å²) in [6.45, 7) is 10.2. The molecule has 0 atom stereocenters. The lowest BCUT2D eigenvalue weighted by molar-refractivity contribution is 0.331. The summed E-state index contributed by atoms with van der Waals surface area (Å²) in [5, 5.41) is 2.82. The molecule has 0 amide bonds. The van der Waals surface area contributed by atoms with Gasteiger partial charge in [-0.3, -0.25) is 0 Å².